The van der Waals surface area contributed by atoms with E-state index in [9.17, 15) is 14.9 Å². The molecule has 1 aromatic heterocycles. The number of H-pyrrole nitrogens is 1. The lowest BCUT2D eigenvalue weighted by Crippen LogP contribution is -2.44. The highest BCUT2D eigenvalue weighted by atomic mass is 16.6. The first-order chi connectivity index (χ1) is 12.1. The Hall–Kier alpha value is -3.15. The Kier molecular flexibility index (Phi) is 4.52. The van der Waals surface area contributed by atoms with E-state index in [0.29, 0.717) is 11.1 Å². The van der Waals surface area contributed by atoms with Crippen LogP contribution in [0.4, 0.5) is 0 Å². The molecule has 0 radical (unpaired) electrons. The van der Waals surface area contributed by atoms with Gasteiger partial charge in [-0.3, -0.25) is 14.9 Å². The van der Waals surface area contributed by atoms with E-state index in [1.807, 2.05) is 24.3 Å². The molecule has 2 aromatic carbocycles. The molecule has 0 saturated carbocycles. The van der Waals surface area contributed by atoms with Gasteiger partial charge in [-0.05, 0) is 18.6 Å². The molecule has 1 N–H and O–H groups in total. The highest BCUT2D eigenvalue weighted by Crippen LogP contribution is 2.38. The highest BCUT2D eigenvalue weighted by Gasteiger charge is 2.49. The largest absolute Gasteiger partial charge is 0.465 e. The summed E-state index contributed by atoms with van der Waals surface area (Å²) in [6.45, 7) is 1.25. The lowest BCUT2D eigenvalue weighted by Gasteiger charge is -2.28. The van der Waals surface area contributed by atoms with E-state index in [4.69, 9.17) is 4.74 Å². The molecule has 25 heavy (non-hydrogen) atoms. The van der Waals surface area contributed by atoms with Crippen LogP contribution in [0.15, 0.2) is 60.8 Å². The normalized spacial score (nSPS) is 13.3. The molecule has 0 spiro atoms. The summed E-state index contributed by atoms with van der Waals surface area (Å²) in [7, 11) is 0. The first-order valence-corrected chi connectivity index (χ1v) is 8.00. The number of esters is 1. The van der Waals surface area contributed by atoms with Crippen LogP contribution in [0, 0.1) is 10.1 Å². The quantitative estimate of drug-likeness (QED) is 0.424. The second-order valence-corrected chi connectivity index (χ2v) is 5.73. The predicted molar refractivity (Wildman–Crippen MR) is 94.0 cm³/mol. The van der Waals surface area contributed by atoms with Gasteiger partial charge in [0.1, 0.15) is 0 Å². The van der Waals surface area contributed by atoms with Gasteiger partial charge >= 0.3 is 5.97 Å². The van der Waals surface area contributed by atoms with E-state index in [1.165, 1.54) is 0 Å². The Morgan fingerprint density at radius 3 is 2.52 bits per heavy atom. The monoisotopic (exact) mass is 338 g/mol. The Balaban J connectivity index is 2.33. The predicted octanol–water partition coefficient (Wildman–Crippen LogP) is 3.29. The van der Waals surface area contributed by atoms with Crippen molar-refractivity contribution in [2.24, 2.45) is 0 Å². The maximum atomic E-state index is 13.0. The van der Waals surface area contributed by atoms with Gasteiger partial charge in [-0.25, -0.2) is 0 Å². The third-order valence-electron chi connectivity index (χ3n) is 4.31. The number of carbonyl (C=O) groups excluding carboxylic acids is 1. The van der Waals surface area contributed by atoms with Gasteiger partial charge in [0.2, 0.25) is 6.54 Å². The Labute approximate surface area is 144 Å². The van der Waals surface area contributed by atoms with Crippen LogP contribution in [0.2, 0.25) is 0 Å². The second-order valence-electron chi connectivity index (χ2n) is 5.73. The topological polar surface area (TPSA) is 85.2 Å². The fourth-order valence-electron chi connectivity index (χ4n) is 3.22. The maximum absolute atomic E-state index is 13.0. The van der Waals surface area contributed by atoms with Gasteiger partial charge < -0.3 is 9.72 Å². The van der Waals surface area contributed by atoms with Crippen LogP contribution in [-0.2, 0) is 14.9 Å². The van der Waals surface area contributed by atoms with Gasteiger partial charge in [0.05, 0.1) is 6.61 Å². The van der Waals surface area contributed by atoms with Crippen LogP contribution in [0.25, 0.3) is 10.9 Å². The van der Waals surface area contributed by atoms with E-state index >= 15 is 0 Å². The van der Waals surface area contributed by atoms with Crippen LogP contribution < -0.4 is 0 Å². The van der Waals surface area contributed by atoms with Crippen molar-refractivity contribution in [1.82, 2.24) is 4.98 Å². The maximum Gasteiger partial charge on any atom is 0.327 e. The molecule has 1 atom stereocenters. The molecule has 6 nitrogen and oxygen atoms in total. The number of aromatic amines is 1. The number of hydrogen-bond donors (Lipinski definition) is 1. The molecule has 0 aliphatic heterocycles. The van der Waals surface area contributed by atoms with E-state index in [0.717, 1.165) is 10.9 Å². The molecule has 0 bridgehead atoms. The number of ether oxygens (including phenoxy) is 1. The molecule has 1 heterocycles. The molecule has 0 fully saturated rings. The summed E-state index contributed by atoms with van der Waals surface area (Å²) >= 11 is 0. The summed E-state index contributed by atoms with van der Waals surface area (Å²) in [5, 5.41) is 12.3. The number of benzene rings is 2. The van der Waals surface area contributed by atoms with E-state index in [2.05, 4.69) is 4.98 Å². The number of nitrogens with zero attached hydrogens (tertiary/aromatic N) is 1. The Morgan fingerprint density at radius 2 is 1.84 bits per heavy atom. The fraction of sp³-hybridized carbons (Fsp3) is 0.211. The summed E-state index contributed by atoms with van der Waals surface area (Å²) < 4.78 is 5.28. The van der Waals surface area contributed by atoms with E-state index in [1.54, 1.807) is 43.5 Å². The summed E-state index contributed by atoms with van der Waals surface area (Å²) in [5.41, 5.74) is 0.380. The van der Waals surface area contributed by atoms with E-state index < -0.39 is 22.9 Å². The van der Waals surface area contributed by atoms with Crippen LogP contribution in [0.5, 0.6) is 0 Å². The van der Waals surface area contributed by atoms with Crippen molar-refractivity contribution >= 4 is 16.9 Å². The van der Waals surface area contributed by atoms with Crippen molar-refractivity contribution in [1.29, 1.82) is 0 Å². The standard InChI is InChI=1S/C19H18N2O4/c1-2-25-18(22)19(13-21(23)24,14-8-4-3-5-9-14)16-12-20-17-11-7-6-10-15(16)17/h3-12,20H,2,13H2,1H3. The van der Waals surface area contributed by atoms with Gasteiger partial charge in [0.25, 0.3) is 0 Å². The molecule has 3 rings (SSSR count). The number of carbonyl (C=O) groups is 1. The average Bonchev–Trinajstić information content (AvgIpc) is 3.05. The van der Waals surface area contributed by atoms with Gasteiger partial charge in [0, 0.05) is 27.6 Å². The number of fused-ring (bicyclic) bond motifs is 1. The van der Waals surface area contributed by atoms with Crippen molar-refractivity contribution in [2.75, 3.05) is 13.2 Å². The highest BCUT2D eigenvalue weighted by molar-refractivity contribution is 5.95. The summed E-state index contributed by atoms with van der Waals surface area (Å²) in [6, 6.07) is 16.2. The van der Waals surface area contributed by atoms with Gasteiger partial charge in [-0.2, -0.15) is 0 Å². The minimum absolute atomic E-state index is 0.146. The molecule has 1 unspecified atom stereocenters. The first-order valence-electron chi connectivity index (χ1n) is 8.00. The average molecular weight is 338 g/mol. The zero-order valence-electron chi connectivity index (χ0n) is 13.8. The van der Waals surface area contributed by atoms with Gasteiger partial charge in [0.15, 0.2) is 5.41 Å². The Bertz CT molecular complexity index is 904. The number of hydrogen-bond acceptors (Lipinski definition) is 4. The molecule has 0 aliphatic rings. The van der Waals surface area contributed by atoms with Gasteiger partial charge in [-0.15, -0.1) is 0 Å². The van der Waals surface area contributed by atoms with Crippen molar-refractivity contribution < 1.29 is 14.5 Å². The molecule has 0 saturated heterocycles. The molecule has 3 aromatic rings. The molecule has 128 valence electrons. The summed E-state index contributed by atoms with van der Waals surface area (Å²) in [5.74, 6) is -0.623. The third kappa shape index (κ3) is 2.87. The van der Waals surface area contributed by atoms with Gasteiger partial charge in [-0.1, -0.05) is 48.5 Å². The number of nitrogens with one attached hydrogen (secondary N) is 1. The SMILES string of the molecule is CCOC(=O)C(C[N+](=O)[O-])(c1ccccc1)c1c[nH]c2ccccc12. The number of aromatic nitrogens is 1. The molecular weight excluding hydrogens is 320 g/mol. The fourth-order valence-corrected chi connectivity index (χ4v) is 3.22. The minimum Gasteiger partial charge on any atom is -0.465 e. The van der Waals surface area contributed by atoms with Crippen LogP contribution >= 0.6 is 0 Å². The van der Waals surface area contributed by atoms with Crippen molar-refractivity contribution in [3.8, 4) is 0 Å². The summed E-state index contributed by atoms with van der Waals surface area (Å²) in [6.07, 6.45) is 1.66. The van der Waals surface area contributed by atoms with Crippen molar-refractivity contribution in [3.63, 3.8) is 0 Å². The first kappa shape index (κ1) is 16.7. The smallest absolute Gasteiger partial charge is 0.327 e. The van der Waals surface area contributed by atoms with Crippen molar-refractivity contribution in [2.45, 2.75) is 12.3 Å². The molecule has 0 amide bonds. The van der Waals surface area contributed by atoms with Crippen molar-refractivity contribution in [3.05, 3.63) is 82.0 Å². The van der Waals surface area contributed by atoms with E-state index in [-0.39, 0.29) is 6.61 Å². The lowest BCUT2D eigenvalue weighted by atomic mass is 9.74. The number of nitro groups is 1. The molecule has 6 heteroatoms. The second kappa shape index (κ2) is 6.76. The zero-order chi connectivity index (χ0) is 17.9. The van der Waals surface area contributed by atoms with Crippen LogP contribution in [0.1, 0.15) is 18.1 Å². The summed E-state index contributed by atoms with van der Waals surface area (Å²) in [4.78, 5) is 27.2. The third-order valence-corrected chi connectivity index (χ3v) is 4.31. The molecular formula is C19H18N2O4. The lowest BCUT2D eigenvalue weighted by molar-refractivity contribution is -0.486. The zero-order valence-corrected chi connectivity index (χ0v) is 13.8. The number of rotatable bonds is 6. The van der Waals surface area contributed by atoms with Crippen LogP contribution in [0.3, 0.4) is 0 Å². The minimum atomic E-state index is -1.51. The number of para-hydroxylation sites is 1. The molecule has 0 aliphatic carbocycles. The Morgan fingerprint density at radius 1 is 1.16 bits per heavy atom. The van der Waals surface area contributed by atoms with Crippen LogP contribution in [-0.4, -0.2) is 29.0 Å².